The van der Waals surface area contributed by atoms with E-state index in [-0.39, 0.29) is 25.5 Å². The first-order valence-corrected chi connectivity index (χ1v) is 5.61. The molecule has 0 aliphatic heterocycles. The van der Waals surface area contributed by atoms with Crippen LogP contribution < -0.4 is 5.32 Å². The van der Waals surface area contributed by atoms with Gasteiger partial charge in [-0.3, -0.25) is 9.59 Å². The quantitative estimate of drug-likeness (QED) is 0.636. The number of aliphatic hydroxyl groups is 1. The van der Waals surface area contributed by atoms with E-state index >= 15 is 0 Å². The lowest BCUT2D eigenvalue weighted by molar-refractivity contribution is -0.151. The molecule has 3 N–H and O–H groups in total. The van der Waals surface area contributed by atoms with E-state index in [0.29, 0.717) is 18.8 Å². The van der Waals surface area contributed by atoms with Crippen molar-refractivity contribution in [3.05, 3.63) is 0 Å². The molecule has 5 heteroatoms. The first-order valence-electron chi connectivity index (χ1n) is 5.61. The second-order valence-electron chi connectivity index (χ2n) is 4.68. The van der Waals surface area contributed by atoms with Gasteiger partial charge in [-0.1, -0.05) is 6.92 Å². The molecule has 1 saturated carbocycles. The van der Waals surface area contributed by atoms with Gasteiger partial charge in [0, 0.05) is 13.0 Å². The van der Waals surface area contributed by atoms with Crippen LogP contribution >= 0.6 is 0 Å². The first kappa shape index (κ1) is 13.0. The fraction of sp³-hybridized carbons (Fsp3) is 0.818. The minimum absolute atomic E-state index is 0.0205. The molecule has 92 valence electrons. The van der Waals surface area contributed by atoms with Gasteiger partial charge in [0.15, 0.2) is 0 Å². The van der Waals surface area contributed by atoms with Crippen LogP contribution in [-0.4, -0.2) is 35.2 Å². The van der Waals surface area contributed by atoms with E-state index in [2.05, 4.69) is 5.32 Å². The van der Waals surface area contributed by atoms with Crippen LogP contribution in [-0.2, 0) is 9.59 Å². The molecule has 1 rings (SSSR count). The molecule has 1 amide bonds. The van der Waals surface area contributed by atoms with Crippen molar-refractivity contribution in [2.45, 2.75) is 32.6 Å². The summed E-state index contributed by atoms with van der Waals surface area (Å²) < 4.78 is 0. The van der Waals surface area contributed by atoms with Gasteiger partial charge in [-0.25, -0.2) is 0 Å². The van der Waals surface area contributed by atoms with Crippen LogP contribution in [0, 0.1) is 11.3 Å². The molecule has 0 saturated heterocycles. The van der Waals surface area contributed by atoms with Gasteiger partial charge in [0.2, 0.25) is 5.91 Å². The average molecular weight is 229 g/mol. The third-order valence-electron chi connectivity index (χ3n) is 3.24. The molecule has 0 aromatic carbocycles. The van der Waals surface area contributed by atoms with Gasteiger partial charge in [0.25, 0.3) is 0 Å². The van der Waals surface area contributed by atoms with Crippen LogP contribution in [0.1, 0.15) is 32.6 Å². The Balaban J connectivity index is 2.59. The predicted octanol–water partition coefficient (Wildman–Crippen LogP) is 0.376. The normalized spacial score (nSPS) is 29.0. The molecular weight excluding hydrogens is 210 g/mol. The van der Waals surface area contributed by atoms with Gasteiger partial charge in [-0.15, -0.1) is 0 Å². The SMILES string of the molecule is CC1CCC(CC(=O)NCCO)(C(=O)O)C1. The highest BCUT2D eigenvalue weighted by molar-refractivity contribution is 5.85. The van der Waals surface area contributed by atoms with Crippen LogP contribution in [0.5, 0.6) is 0 Å². The maximum atomic E-state index is 11.5. The largest absolute Gasteiger partial charge is 0.481 e. The zero-order valence-corrected chi connectivity index (χ0v) is 9.53. The smallest absolute Gasteiger partial charge is 0.310 e. The summed E-state index contributed by atoms with van der Waals surface area (Å²) in [4.78, 5) is 22.7. The van der Waals surface area contributed by atoms with E-state index in [4.69, 9.17) is 5.11 Å². The molecule has 0 aromatic heterocycles. The fourth-order valence-electron chi connectivity index (χ4n) is 2.39. The van der Waals surface area contributed by atoms with Crippen molar-refractivity contribution in [2.75, 3.05) is 13.2 Å². The summed E-state index contributed by atoms with van der Waals surface area (Å²) in [6.07, 6.45) is 2.01. The van der Waals surface area contributed by atoms with E-state index in [9.17, 15) is 14.7 Å². The third kappa shape index (κ3) is 2.95. The molecule has 0 aromatic rings. The Kier molecular flexibility index (Phi) is 4.29. The standard InChI is InChI=1S/C11H19NO4/c1-8-2-3-11(6-8,10(15)16)7-9(14)12-4-5-13/h8,13H,2-7H2,1H3,(H,12,14)(H,15,16). The minimum Gasteiger partial charge on any atom is -0.481 e. The zero-order valence-electron chi connectivity index (χ0n) is 9.53. The number of carbonyl (C=O) groups excluding carboxylic acids is 1. The summed E-state index contributed by atoms with van der Waals surface area (Å²) in [5.74, 6) is -0.803. The number of rotatable bonds is 5. The molecule has 0 spiro atoms. The Morgan fingerprint density at radius 2 is 2.19 bits per heavy atom. The average Bonchev–Trinajstić information content (AvgIpc) is 2.58. The van der Waals surface area contributed by atoms with E-state index in [1.165, 1.54) is 0 Å². The Bertz CT molecular complexity index is 279. The minimum atomic E-state index is -0.890. The lowest BCUT2D eigenvalue weighted by atomic mass is 9.81. The van der Waals surface area contributed by atoms with Crippen LogP contribution in [0.2, 0.25) is 0 Å². The molecule has 16 heavy (non-hydrogen) atoms. The van der Waals surface area contributed by atoms with Gasteiger partial charge < -0.3 is 15.5 Å². The molecule has 1 aliphatic rings. The molecule has 0 heterocycles. The number of nitrogens with one attached hydrogen (secondary N) is 1. The number of carboxylic acid groups (broad SMARTS) is 1. The topological polar surface area (TPSA) is 86.6 Å². The number of aliphatic carboxylic acids is 1. The summed E-state index contributed by atoms with van der Waals surface area (Å²) in [6, 6.07) is 0. The first-order chi connectivity index (χ1) is 7.50. The number of hydrogen-bond donors (Lipinski definition) is 3. The molecule has 1 aliphatic carbocycles. The molecular formula is C11H19NO4. The Hall–Kier alpha value is -1.10. The highest BCUT2D eigenvalue weighted by Crippen LogP contribution is 2.44. The van der Waals surface area contributed by atoms with Crippen molar-refractivity contribution in [2.24, 2.45) is 11.3 Å². The van der Waals surface area contributed by atoms with E-state index in [0.717, 1.165) is 6.42 Å². The van der Waals surface area contributed by atoms with Gasteiger partial charge in [-0.05, 0) is 25.2 Å². The van der Waals surface area contributed by atoms with E-state index in [1.807, 2.05) is 6.92 Å². The summed E-state index contributed by atoms with van der Waals surface area (Å²) >= 11 is 0. The van der Waals surface area contributed by atoms with Gasteiger partial charge in [-0.2, -0.15) is 0 Å². The van der Waals surface area contributed by atoms with Crippen LogP contribution in [0.4, 0.5) is 0 Å². The summed E-state index contributed by atoms with van der Waals surface area (Å²) in [5.41, 5.74) is -0.890. The Morgan fingerprint density at radius 1 is 1.50 bits per heavy atom. The number of carbonyl (C=O) groups is 2. The monoisotopic (exact) mass is 229 g/mol. The predicted molar refractivity (Wildman–Crippen MR) is 57.8 cm³/mol. The second kappa shape index (κ2) is 5.30. The zero-order chi connectivity index (χ0) is 12.2. The summed E-state index contributed by atoms with van der Waals surface area (Å²) in [5, 5.41) is 20.3. The Labute approximate surface area is 94.8 Å². The van der Waals surface area contributed by atoms with Gasteiger partial charge in [0.1, 0.15) is 0 Å². The molecule has 0 radical (unpaired) electrons. The van der Waals surface area contributed by atoms with Crippen molar-refractivity contribution in [3.63, 3.8) is 0 Å². The van der Waals surface area contributed by atoms with Gasteiger partial charge >= 0.3 is 5.97 Å². The van der Waals surface area contributed by atoms with Crippen LogP contribution in [0.25, 0.3) is 0 Å². The molecule has 2 atom stereocenters. The lowest BCUT2D eigenvalue weighted by Crippen LogP contribution is -2.36. The van der Waals surface area contributed by atoms with Crippen molar-refractivity contribution in [1.82, 2.24) is 5.32 Å². The number of hydrogen-bond acceptors (Lipinski definition) is 3. The number of amides is 1. The maximum Gasteiger partial charge on any atom is 0.310 e. The molecule has 2 unspecified atom stereocenters. The third-order valence-corrected chi connectivity index (χ3v) is 3.24. The van der Waals surface area contributed by atoms with Crippen molar-refractivity contribution >= 4 is 11.9 Å². The van der Waals surface area contributed by atoms with Crippen molar-refractivity contribution in [1.29, 1.82) is 0 Å². The Morgan fingerprint density at radius 3 is 2.62 bits per heavy atom. The van der Waals surface area contributed by atoms with Crippen LogP contribution in [0.15, 0.2) is 0 Å². The highest BCUT2D eigenvalue weighted by atomic mass is 16.4. The van der Waals surface area contributed by atoms with Crippen molar-refractivity contribution < 1.29 is 19.8 Å². The molecule has 5 nitrogen and oxygen atoms in total. The van der Waals surface area contributed by atoms with Gasteiger partial charge in [0.05, 0.1) is 12.0 Å². The fourth-order valence-corrected chi connectivity index (χ4v) is 2.39. The molecule has 0 bridgehead atoms. The van der Waals surface area contributed by atoms with Crippen molar-refractivity contribution in [3.8, 4) is 0 Å². The van der Waals surface area contributed by atoms with E-state index in [1.54, 1.807) is 0 Å². The van der Waals surface area contributed by atoms with Crippen LogP contribution in [0.3, 0.4) is 0 Å². The maximum absolute atomic E-state index is 11.5. The summed E-state index contributed by atoms with van der Waals surface area (Å²) in [7, 11) is 0. The van der Waals surface area contributed by atoms with E-state index < -0.39 is 11.4 Å². The highest BCUT2D eigenvalue weighted by Gasteiger charge is 2.45. The second-order valence-corrected chi connectivity index (χ2v) is 4.68. The lowest BCUT2D eigenvalue weighted by Gasteiger charge is -2.23. The summed E-state index contributed by atoms with van der Waals surface area (Å²) in [6.45, 7) is 2.07. The number of aliphatic hydroxyl groups excluding tert-OH is 1. The molecule has 1 fully saturated rings. The number of carboxylic acids is 1.